The molecule has 0 saturated carbocycles. The Hall–Kier alpha value is -6.13. The predicted octanol–water partition coefficient (Wildman–Crippen LogP) is 9.81. The molecular formula is C42H28N4. The Morgan fingerprint density at radius 3 is 1.96 bits per heavy atom. The number of hydrogen-bond donors (Lipinski definition) is 1. The lowest BCUT2D eigenvalue weighted by Gasteiger charge is -2.17. The monoisotopic (exact) mass is 588 g/mol. The lowest BCUT2D eigenvalue weighted by molar-refractivity contribution is 1.03. The molecule has 1 aliphatic heterocycles. The van der Waals surface area contributed by atoms with Crippen molar-refractivity contribution in [3.05, 3.63) is 163 Å². The molecule has 3 heterocycles. The first-order chi connectivity index (χ1) is 22.8. The van der Waals surface area contributed by atoms with Crippen LogP contribution in [-0.4, -0.2) is 22.3 Å². The average molecular weight is 589 g/mol. The van der Waals surface area contributed by atoms with Crippen molar-refractivity contribution in [1.82, 2.24) is 15.3 Å². The van der Waals surface area contributed by atoms with Gasteiger partial charge in [0.05, 0.1) is 16.7 Å². The minimum Gasteiger partial charge on any atom is -0.365 e. The molecule has 2 aromatic heterocycles. The topological polar surface area (TPSA) is 50.2 Å². The van der Waals surface area contributed by atoms with Crippen molar-refractivity contribution in [3.63, 3.8) is 0 Å². The number of nitrogens with zero attached hydrogens (tertiary/aromatic N) is 3. The van der Waals surface area contributed by atoms with E-state index in [-0.39, 0.29) is 0 Å². The van der Waals surface area contributed by atoms with Gasteiger partial charge in [-0.25, -0.2) is 9.98 Å². The highest BCUT2D eigenvalue weighted by molar-refractivity contribution is 6.14. The summed E-state index contributed by atoms with van der Waals surface area (Å²) in [6.45, 7) is 0.709. The van der Waals surface area contributed by atoms with Crippen LogP contribution in [0.1, 0.15) is 11.1 Å². The number of benzene rings is 6. The number of amidine groups is 1. The molecule has 46 heavy (non-hydrogen) atoms. The van der Waals surface area contributed by atoms with Crippen LogP contribution in [0.4, 0.5) is 0 Å². The molecule has 0 radical (unpaired) electrons. The summed E-state index contributed by atoms with van der Waals surface area (Å²) in [5.74, 6) is 0.886. The molecule has 6 aromatic carbocycles. The van der Waals surface area contributed by atoms with Crippen molar-refractivity contribution in [1.29, 1.82) is 0 Å². The highest BCUT2D eigenvalue weighted by atomic mass is 15.0. The van der Waals surface area contributed by atoms with Gasteiger partial charge in [-0.2, -0.15) is 0 Å². The first kappa shape index (κ1) is 26.3. The highest BCUT2D eigenvalue weighted by Crippen LogP contribution is 2.35. The van der Waals surface area contributed by atoms with Gasteiger partial charge >= 0.3 is 0 Å². The van der Waals surface area contributed by atoms with Crippen LogP contribution in [0.15, 0.2) is 157 Å². The van der Waals surface area contributed by atoms with Gasteiger partial charge in [0.1, 0.15) is 5.84 Å². The SMILES string of the molecule is C1=C(c2ccc(-c3ccc4ccc5cccnc5c4n3)cc2)CNC(c2ccc(-c3cc4ccccc4c4ccccc34)cc2)=N1. The van der Waals surface area contributed by atoms with Crippen molar-refractivity contribution < 1.29 is 0 Å². The summed E-state index contributed by atoms with van der Waals surface area (Å²) in [5.41, 5.74) is 9.69. The molecule has 0 fully saturated rings. The van der Waals surface area contributed by atoms with Crippen molar-refractivity contribution in [2.45, 2.75) is 0 Å². The van der Waals surface area contributed by atoms with Crippen LogP contribution in [0, 0.1) is 0 Å². The molecule has 0 saturated heterocycles. The fourth-order valence-corrected chi connectivity index (χ4v) is 6.61. The van der Waals surface area contributed by atoms with Crippen molar-refractivity contribution in [2.24, 2.45) is 4.99 Å². The molecular weight excluding hydrogens is 560 g/mol. The summed E-state index contributed by atoms with van der Waals surface area (Å²) in [5, 5.41) is 10.8. The van der Waals surface area contributed by atoms with E-state index in [0.717, 1.165) is 55.6 Å². The van der Waals surface area contributed by atoms with E-state index in [9.17, 15) is 0 Å². The quantitative estimate of drug-likeness (QED) is 0.208. The van der Waals surface area contributed by atoms with Crippen molar-refractivity contribution in [2.75, 3.05) is 6.54 Å². The second kappa shape index (κ2) is 10.8. The van der Waals surface area contributed by atoms with Gasteiger partial charge in [-0.15, -0.1) is 0 Å². The molecule has 1 aliphatic rings. The van der Waals surface area contributed by atoms with Crippen LogP contribution in [-0.2, 0) is 0 Å². The van der Waals surface area contributed by atoms with Gasteiger partial charge in [0.25, 0.3) is 0 Å². The summed E-state index contributed by atoms with van der Waals surface area (Å²) in [6, 6.07) is 49.3. The third-order valence-corrected chi connectivity index (χ3v) is 9.02. The van der Waals surface area contributed by atoms with Crippen LogP contribution in [0.2, 0.25) is 0 Å². The fourth-order valence-electron chi connectivity index (χ4n) is 6.61. The van der Waals surface area contributed by atoms with Crippen LogP contribution in [0.5, 0.6) is 0 Å². The van der Waals surface area contributed by atoms with Crippen LogP contribution >= 0.6 is 0 Å². The Balaban J connectivity index is 0.976. The van der Waals surface area contributed by atoms with E-state index < -0.39 is 0 Å². The van der Waals surface area contributed by atoms with E-state index in [1.807, 2.05) is 18.5 Å². The van der Waals surface area contributed by atoms with Gasteiger partial charge in [-0.05, 0) is 62.0 Å². The van der Waals surface area contributed by atoms with Crippen molar-refractivity contribution in [3.8, 4) is 22.4 Å². The molecule has 216 valence electrons. The summed E-state index contributed by atoms with van der Waals surface area (Å²) in [4.78, 5) is 14.4. The zero-order valence-electron chi connectivity index (χ0n) is 25.0. The Labute approximate surface area is 266 Å². The van der Waals surface area contributed by atoms with E-state index in [1.54, 1.807) is 0 Å². The fraction of sp³-hybridized carbons (Fsp3) is 0.0238. The maximum atomic E-state index is 5.00. The lowest BCUT2D eigenvalue weighted by Crippen LogP contribution is -2.28. The van der Waals surface area contributed by atoms with Crippen LogP contribution in [0.3, 0.4) is 0 Å². The minimum absolute atomic E-state index is 0.709. The Morgan fingerprint density at radius 1 is 0.500 bits per heavy atom. The first-order valence-electron chi connectivity index (χ1n) is 15.6. The molecule has 8 aromatic rings. The highest BCUT2D eigenvalue weighted by Gasteiger charge is 2.13. The second-order valence-corrected chi connectivity index (χ2v) is 11.7. The number of rotatable bonds is 4. The standard InChI is InChI=1S/C42H28N4/c1-2-8-35-33(6-1)24-38(37-10-4-3-9-36(35)37)28-13-19-32(20-14-28)42-44-25-34(26-45-42)27-11-15-29(16-12-27)39-22-21-31-18-17-30-7-5-23-43-40(30)41(31)46-39/h1-25H,26H2,(H,44,45). The van der Waals surface area contributed by atoms with E-state index in [1.165, 1.54) is 32.7 Å². The molecule has 1 N–H and O–H groups in total. The Bertz CT molecular complexity index is 2510. The minimum atomic E-state index is 0.709. The van der Waals surface area contributed by atoms with Crippen LogP contribution < -0.4 is 5.32 Å². The van der Waals surface area contributed by atoms with Gasteiger partial charge in [0, 0.05) is 40.8 Å². The van der Waals surface area contributed by atoms with E-state index in [2.05, 4.69) is 144 Å². The molecule has 0 bridgehead atoms. The normalized spacial score (nSPS) is 13.1. The zero-order chi connectivity index (χ0) is 30.5. The molecule has 0 spiro atoms. The van der Waals surface area contributed by atoms with Gasteiger partial charge in [0.2, 0.25) is 0 Å². The van der Waals surface area contributed by atoms with Crippen LogP contribution in [0.25, 0.3) is 71.3 Å². The molecule has 0 unspecified atom stereocenters. The second-order valence-electron chi connectivity index (χ2n) is 11.7. The number of hydrogen-bond acceptors (Lipinski definition) is 4. The van der Waals surface area contributed by atoms with Gasteiger partial charge < -0.3 is 5.32 Å². The molecule has 4 heteroatoms. The average Bonchev–Trinajstić information content (AvgIpc) is 3.14. The van der Waals surface area contributed by atoms with Gasteiger partial charge in [0.15, 0.2) is 0 Å². The summed E-state index contributed by atoms with van der Waals surface area (Å²) >= 11 is 0. The lowest BCUT2D eigenvalue weighted by atomic mass is 9.93. The van der Waals surface area contributed by atoms with Gasteiger partial charge in [-0.3, -0.25) is 4.98 Å². The van der Waals surface area contributed by atoms with E-state index in [4.69, 9.17) is 9.98 Å². The number of pyridine rings is 2. The zero-order valence-corrected chi connectivity index (χ0v) is 25.0. The summed E-state index contributed by atoms with van der Waals surface area (Å²) in [6.07, 6.45) is 3.81. The molecule has 0 atom stereocenters. The predicted molar refractivity (Wildman–Crippen MR) is 192 cm³/mol. The number of fused-ring (bicyclic) bond motifs is 6. The molecule has 4 nitrogen and oxygen atoms in total. The third-order valence-electron chi connectivity index (χ3n) is 9.02. The molecule has 0 amide bonds. The van der Waals surface area contributed by atoms with Gasteiger partial charge in [-0.1, -0.05) is 121 Å². The first-order valence-corrected chi connectivity index (χ1v) is 15.6. The number of aromatic nitrogens is 2. The number of nitrogens with one attached hydrogen (secondary N) is 1. The third kappa shape index (κ3) is 4.51. The van der Waals surface area contributed by atoms with E-state index in [0.29, 0.717) is 6.54 Å². The summed E-state index contributed by atoms with van der Waals surface area (Å²) in [7, 11) is 0. The van der Waals surface area contributed by atoms with Crippen molar-refractivity contribution >= 4 is 54.8 Å². The largest absolute Gasteiger partial charge is 0.365 e. The smallest absolute Gasteiger partial charge is 0.133 e. The molecule has 0 aliphatic carbocycles. The number of aliphatic imine (C=N–C) groups is 1. The Kier molecular flexibility index (Phi) is 6.17. The Morgan fingerprint density at radius 2 is 1.15 bits per heavy atom. The maximum absolute atomic E-state index is 5.00. The van der Waals surface area contributed by atoms with E-state index >= 15 is 0 Å². The molecule has 9 rings (SSSR count). The maximum Gasteiger partial charge on any atom is 0.133 e. The summed E-state index contributed by atoms with van der Waals surface area (Å²) < 4.78 is 0.